The third kappa shape index (κ3) is 4.74. The minimum Gasteiger partial charge on any atom is -0.446 e. The van der Waals surface area contributed by atoms with Gasteiger partial charge < -0.3 is 4.42 Å². The van der Waals surface area contributed by atoms with Crippen molar-refractivity contribution in [2.75, 3.05) is 5.75 Å². The molecule has 5 nitrogen and oxygen atoms in total. The molecule has 3 rings (SSSR count). The van der Waals surface area contributed by atoms with Crippen molar-refractivity contribution in [3.8, 4) is 17.7 Å². The summed E-state index contributed by atoms with van der Waals surface area (Å²) in [5.41, 5.74) is 1.18. The highest BCUT2D eigenvalue weighted by Gasteiger charge is 2.17. The van der Waals surface area contributed by atoms with Crippen LogP contribution in [0.25, 0.3) is 11.6 Å². The highest BCUT2D eigenvalue weighted by Crippen LogP contribution is 2.28. The number of furan rings is 1. The van der Waals surface area contributed by atoms with Crippen LogP contribution in [-0.4, -0.2) is 20.5 Å². The van der Waals surface area contributed by atoms with E-state index in [1.54, 1.807) is 11.8 Å². The number of aromatic nitrogens is 3. The smallest absolute Gasteiger partial charge is 0.200 e. The van der Waals surface area contributed by atoms with Crippen molar-refractivity contribution in [1.82, 2.24) is 14.8 Å². The van der Waals surface area contributed by atoms with Crippen molar-refractivity contribution < 1.29 is 4.42 Å². The van der Waals surface area contributed by atoms with Gasteiger partial charge in [0.05, 0.1) is 12.6 Å². The summed E-state index contributed by atoms with van der Waals surface area (Å²) in [5, 5.41) is 18.2. The number of benzene rings is 1. The second kappa shape index (κ2) is 8.88. The molecule has 0 amide bonds. The number of thioether (sulfide) groups is 1. The van der Waals surface area contributed by atoms with Gasteiger partial charge >= 0.3 is 0 Å². The van der Waals surface area contributed by atoms with Crippen molar-refractivity contribution >= 4 is 27.7 Å². The molecular formula is C18H17BrN4OS. The largest absolute Gasteiger partial charge is 0.446 e. The van der Waals surface area contributed by atoms with E-state index >= 15 is 0 Å². The summed E-state index contributed by atoms with van der Waals surface area (Å²) in [7, 11) is 0. The second-order valence-electron chi connectivity index (χ2n) is 5.45. The van der Waals surface area contributed by atoms with Gasteiger partial charge in [-0.05, 0) is 46.5 Å². The lowest BCUT2D eigenvalue weighted by atomic mass is 10.2. The van der Waals surface area contributed by atoms with Gasteiger partial charge in [-0.25, -0.2) is 0 Å². The Morgan fingerprint density at radius 2 is 1.96 bits per heavy atom. The van der Waals surface area contributed by atoms with Crippen molar-refractivity contribution in [3.05, 3.63) is 52.7 Å². The minimum absolute atomic E-state index is 0.600. The molecule has 3 aromatic rings. The third-order valence-corrected chi connectivity index (χ3v) is 5.09. The molecule has 0 unspecified atom stereocenters. The summed E-state index contributed by atoms with van der Waals surface area (Å²) in [5.74, 6) is 2.32. The summed E-state index contributed by atoms with van der Waals surface area (Å²) in [6.07, 6.45) is 2.50. The van der Waals surface area contributed by atoms with E-state index in [1.807, 2.05) is 30.3 Å². The molecule has 7 heteroatoms. The molecule has 0 spiro atoms. The molecule has 0 saturated heterocycles. The zero-order chi connectivity index (χ0) is 17.5. The fourth-order valence-electron chi connectivity index (χ4n) is 2.39. The van der Waals surface area contributed by atoms with Crippen LogP contribution < -0.4 is 0 Å². The Morgan fingerprint density at radius 1 is 1.12 bits per heavy atom. The topological polar surface area (TPSA) is 67.6 Å². The monoisotopic (exact) mass is 416 g/mol. The molecule has 0 aliphatic heterocycles. The molecule has 0 atom stereocenters. The molecule has 0 radical (unpaired) electrons. The Hall–Kier alpha value is -2.04. The van der Waals surface area contributed by atoms with E-state index in [-0.39, 0.29) is 0 Å². The van der Waals surface area contributed by atoms with Crippen molar-refractivity contribution in [2.45, 2.75) is 31.0 Å². The Kier molecular flexibility index (Phi) is 6.31. The summed E-state index contributed by atoms with van der Waals surface area (Å²) in [6.45, 7) is 0.683. The molecule has 2 aromatic heterocycles. The lowest BCUT2D eigenvalue weighted by Gasteiger charge is -2.09. The molecule has 1 aromatic carbocycles. The van der Waals surface area contributed by atoms with Gasteiger partial charge in [0.25, 0.3) is 0 Å². The number of unbranched alkanes of at least 4 members (excludes halogenated alkanes) is 2. The van der Waals surface area contributed by atoms with Gasteiger partial charge in [-0.3, -0.25) is 4.57 Å². The molecule has 128 valence electrons. The summed E-state index contributed by atoms with van der Waals surface area (Å²) < 4.78 is 8.41. The first-order valence-electron chi connectivity index (χ1n) is 8.00. The van der Waals surface area contributed by atoms with Gasteiger partial charge in [-0.15, -0.1) is 10.2 Å². The van der Waals surface area contributed by atoms with E-state index < -0.39 is 0 Å². The first kappa shape index (κ1) is 17.8. The number of hydrogen-bond donors (Lipinski definition) is 0. The normalized spacial score (nSPS) is 10.7. The third-order valence-electron chi connectivity index (χ3n) is 3.61. The van der Waals surface area contributed by atoms with Crippen LogP contribution in [0.2, 0.25) is 0 Å². The maximum atomic E-state index is 8.62. The molecule has 0 aliphatic rings. The highest BCUT2D eigenvalue weighted by atomic mass is 79.9. The molecule has 2 heterocycles. The van der Waals surface area contributed by atoms with Crippen LogP contribution in [0, 0.1) is 11.3 Å². The van der Waals surface area contributed by atoms with E-state index in [0.717, 1.165) is 23.8 Å². The fourth-order valence-corrected chi connectivity index (χ4v) is 3.63. The molecule has 0 saturated carbocycles. The summed E-state index contributed by atoms with van der Waals surface area (Å²) >= 11 is 5.00. The molecular weight excluding hydrogens is 400 g/mol. The van der Waals surface area contributed by atoms with E-state index in [2.05, 4.69) is 48.9 Å². The van der Waals surface area contributed by atoms with Gasteiger partial charge in [0, 0.05) is 12.2 Å². The lowest BCUT2D eigenvalue weighted by Crippen LogP contribution is -2.04. The fraction of sp³-hybridized carbons (Fsp3) is 0.278. The summed E-state index contributed by atoms with van der Waals surface area (Å²) in [4.78, 5) is 0. The Morgan fingerprint density at radius 3 is 2.68 bits per heavy atom. The van der Waals surface area contributed by atoms with Crippen molar-refractivity contribution in [1.29, 1.82) is 5.26 Å². The van der Waals surface area contributed by atoms with Crippen LogP contribution in [0.15, 0.2) is 56.7 Å². The van der Waals surface area contributed by atoms with Gasteiger partial charge in [-0.1, -0.05) is 42.1 Å². The van der Waals surface area contributed by atoms with E-state index in [0.29, 0.717) is 29.2 Å². The first-order chi connectivity index (χ1) is 12.3. The van der Waals surface area contributed by atoms with E-state index in [1.165, 1.54) is 5.56 Å². The average molecular weight is 417 g/mol. The number of nitrogens with zero attached hydrogens (tertiary/aromatic N) is 4. The van der Waals surface area contributed by atoms with Crippen LogP contribution in [0.4, 0.5) is 0 Å². The Balaban J connectivity index is 1.82. The Bertz CT molecular complexity index is 854. The van der Waals surface area contributed by atoms with Gasteiger partial charge in [0.1, 0.15) is 0 Å². The van der Waals surface area contributed by atoms with Crippen LogP contribution in [-0.2, 0) is 6.54 Å². The van der Waals surface area contributed by atoms with Crippen LogP contribution >= 0.6 is 27.7 Å². The zero-order valence-electron chi connectivity index (χ0n) is 13.6. The molecule has 0 aliphatic carbocycles. The number of halogens is 1. The number of nitriles is 1. The van der Waals surface area contributed by atoms with Crippen LogP contribution in [0.1, 0.15) is 24.8 Å². The van der Waals surface area contributed by atoms with Crippen molar-refractivity contribution in [2.24, 2.45) is 0 Å². The SMILES string of the molecule is N#CCCCCSc1nnc(-c2ccc(Br)o2)n1Cc1ccccc1. The second-order valence-corrected chi connectivity index (χ2v) is 7.29. The Labute approximate surface area is 159 Å². The lowest BCUT2D eigenvalue weighted by molar-refractivity contribution is 0.545. The highest BCUT2D eigenvalue weighted by molar-refractivity contribution is 9.10. The van der Waals surface area contributed by atoms with E-state index in [9.17, 15) is 0 Å². The van der Waals surface area contributed by atoms with Crippen LogP contribution in [0.5, 0.6) is 0 Å². The van der Waals surface area contributed by atoms with Crippen LogP contribution in [0.3, 0.4) is 0 Å². The average Bonchev–Trinajstić information content (AvgIpc) is 3.22. The zero-order valence-corrected chi connectivity index (χ0v) is 16.0. The first-order valence-corrected chi connectivity index (χ1v) is 9.78. The van der Waals surface area contributed by atoms with Gasteiger partial charge in [0.15, 0.2) is 15.6 Å². The molecule has 25 heavy (non-hydrogen) atoms. The van der Waals surface area contributed by atoms with Gasteiger partial charge in [-0.2, -0.15) is 5.26 Å². The predicted molar refractivity (Wildman–Crippen MR) is 101 cm³/mol. The standard InChI is InChI=1S/C18H17BrN4OS/c19-16-10-9-15(24-16)17-21-22-18(25-12-6-2-5-11-20)23(17)13-14-7-3-1-4-8-14/h1,3-4,7-10H,2,5-6,12-13H2. The van der Waals surface area contributed by atoms with Gasteiger partial charge in [0.2, 0.25) is 5.82 Å². The predicted octanol–water partition coefficient (Wildman–Crippen LogP) is 5.13. The summed E-state index contributed by atoms with van der Waals surface area (Å²) in [6, 6.07) is 16.1. The van der Waals surface area contributed by atoms with E-state index in [4.69, 9.17) is 9.68 Å². The molecule has 0 bridgehead atoms. The molecule has 0 N–H and O–H groups in total. The maximum Gasteiger partial charge on any atom is 0.200 e. The quantitative estimate of drug-likeness (QED) is 0.375. The minimum atomic E-state index is 0.600. The number of hydrogen-bond acceptors (Lipinski definition) is 5. The maximum absolute atomic E-state index is 8.62. The van der Waals surface area contributed by atoms with Crippen molar-refractivity contribution in [3.63, 3.8) is 0 Å². The number of rotatable bonds is 8. The molecule has 0 fully saturated rings.